The van der Waals surface area contributed by atoms with Gasteiger partial charge in [-0.25, -0.2) is 0 Å². The summed E-state index contributed by atoms with van der Waals surface area (Å²) in [5.74, 6) is 0. The van der Waals surface area contributed by atoms with Crippen molar-refractivity contribution in [2.75, 3.05) is 7.11 Å². The van der Waals surface area contributed by atoms with Crippen LogP contribution < -0.4 is 0 Å². The van der Waals surface area contributed by atoms with Crippen LogP contribution in [0.2, 0.25) is 0 Å². The minimum atomic E-state index is 0.225. The molecule has 76 valence electrons. The van der Waals surface area contributed by atoms with Crippen LogP contribution in [0.5, 0.6) is 0 Å². The van der Waals surface area contributed by atoms with E-state index in [4.69, 9.17) is 9.47 Å². The molecule has 0 N–H and O–H groups in total. The fourth-order valence-electron chi connectivity index (χ4n) is 1.97. The second-order valence-electron chi connectivity index (χ2n) is 3.61. The summed E-state index contributed by atoms with van der Waals surface area (Å²) >= 11 is 0. The molecule has 0 spiro atoms. The third-order valence-electron chi connectivity index (χ3n) is 2.72. The molecule has 2 heteroatoms. The molecular weight excluding hydrogens is 164 g/mol. The van der Waals surface area contributed by atoms with Gasteiger partial charge in [0.25, 0.3) is 0 Å². The van der Waals surface area contributed by atoms with Crippen LogP contribution in [-0.2, 0) is 9.47 Å². The molecule has 0 heterocycles. The quantitative estimate of drug-likeness (QED) is 0.628. The number of methoxy groups -OCH3 is 1. The molecule has 0 aromatic rings. The van der Waals surface area contributed by atoms with E-state index < -0.39 is 0 Å². The first-order valence-electron chi connectivity index (χ1n) is 5.17. The third-order valence-corrected chi connectivity index (χ3v) is 2.72. The van der Waals surface area contributed by atoms with Crippen LogP contribution in [0.15, 0.2) is 12.8 Å². The van der Waals surface area contributed by atoms with Crippen molar-refractivity contribution in [2.45, 2.75) is 50.7 Å². The standard InChI is InChI=1S/C11H20O2/c1-3-13-11-9-7-5-4-6-8-10(11)12-2/h3,10-11H,1,4-9H2,2H3. The van der Waals surface area contributed by atoms with Crippen LogP contribution in [0.4, 0.5) is 0 Å². The maximum atomic E-state index is 5.46. The van der Waals surface area contributed by atoms with Crippen LogP contribution in [-0.4, -0.2) is 19.3 Å². The highest BCUT2D eigenvalue weighted by Crippen LogP contribution is 2.22. The number of hydrogen-bond acceptors (Lipinski definition) is 2. The van der Waals surface area contributed by atoms with Crippen LogP contribution in [0, 0.1) is 0 Å². The van der Waals surface area contributed by atoms with Gasteiger partial charge >= 0.3 is 0 Å². The summed E-state index contributed by atoms with van der Waals surface area (Å²) in [7, 11) is 1.77. The highest BCUT2D eigenvalue weighted by Gasteiger charge is 2.22. The van der Waals surface area contributed by atoms with Gasteiger partial charge in [-0.15, -0.1) is 0 Å². The van der Waals surface area contributed by atoms with E-state index >= 15 is 0 Å². The largest absolute Gasteiger partial charge is 0.496 e. The lowest BCUT2D eigenvalue weighted by molar-refractivity contribution is -0.0325. The molecule has 0 aromatic carbocycles. The Morgan fingerprint density at radius 3 is 2.23 bits per heavy atom. The normalized spacial score (nSPS) is 30.2. The van der Waals surface area contributed by atoms with Crippen molar-refractivity contribution in [1.29, 1.82) is 0 Å². The van der Waals surface area contributed by atoms with E-state index in [0.29, 0.717) is 0 Å². The highest BCUT2D eigenvalue weighted by molar-refractivity contribution is 4.75. The monoisotopic (exact) mass is 184 g/mol. The predicted octanol–water partition coefficient (Wildman–Crippen LogP) is 2.88. The topological polar surface area (TPSA) is 18.5 Å². The number of rotatable bonds is 3. The Bertz CT molecular complexity index is 145. The Hall–Kier alpha value is -0.500. The maximum Gasteiger partial charge on any atom is 0.124 e. The zero-order chi connectivity index (χ0) is 9.52. The Kier molecular flexibility index (Phi) is 4.91. The van der Waals surface area contributed by atoms with Crippen LogP contribution in [0.3, 0.4) is 0 Å². The molecule has 13 heavy (non-hydrogen) atoms. The van der Waals surface area contributed by atoms with Gasteiger partial charge in [-0.3, -0.25) is 0 Å². The summed E-state index contributed by atoms with van der Waals surface area (Å²) in [6, 6.07) is 0. The Morgan fingerprint density at radius 2 is 1.69 bits per heavy atom. The molecule has 2 nitrogen and oxygen atoms in total. The fraction of sp³-hybridized carbons (Fsp3) is 0.818. The first-order chi connectivity index (χ1) is 6.38. The van der Waals surface area contributed by atoms with Crippen LogP contribution in [0.1, 0.15) is 38.5 Å². The van der Waals surface area contributed by atoms with Gasteiger partial charge in [0.15, 0.2) is 0 Å². The molecule has 0 aromatic heterocycles. The molecule has 0 saturated heterocycles. The van der Waals surface area contributed by atoms with Crippen molar-refractivity contribution in [3.63, 3.8) is 0 Å². The van der Waals surface area contributed by atoms with Gasteiger partial charge in [0.05, 0.1) is 12.4 Å². The van der Waals surface area contributed by atoms with Gasteiger partial charge in [-0.1, -0.05) is 25.8 Å². The van der Waals surface area contributed by atoms with Gasteiger partial charge in [-0.2, -0.15) is 0 Å². The molecule has 1 aliphatic carbocycles. The highest BCUT2D eigenvalue weighted by atomic mass is 16.5. The van der Waals surface area contributed by atoms with Gasteiger partial charge in [-0.05, 0) is 19.3 Å². The minimum Gasteiger partial charge on any atom is -0.496 e. The van der Waals surface area contributed by atoms with E-state index in [1.54, 1.807) is 7.11 Å². The smallest absolute Gasteiger partial charge is 0.124 e. The summed E-state index contributed by atoms with van der Waals surface area (Å²) in [5, 5.41) is 0. The predicted molar refractivity (Wildman–Crippen MR) is 53.6 cm³/mol. The lowest BCUT2D eigenvalue weighted by atomic mass is 9.96. The third kappa shape index (κ3) is 3.39. The molecule has 0 amide bonds. The van der Waals surface area contributed by atoms with Crippen molar-refractivity contribution < 1.29 is 9.47 Å². The first-order valence-corrected chi connectivity index (χ1v) is 5.17. The van der Waals surface area contributed by atoms with E-state index in [2.05, 4.69) is 6.58 Å². The average Bonchev–Trinajstić information content (AvgIpc) is 2.10. The van der Waals surface area contributed by atoms with Crippen molar-refractivity contribution >= 4 is 0 Å². The summed E-state index contributed by atoms with van der Waals surface area (Å²) in [6.07, 6.45) is 9.42. The van der Waals surface area contributed by atoms with Gasteiger partial charge in [0.2, 0.25) is 0 Å². The second-order valence-corrected chi connectivity index (χ2v) is 3.61. The van der Waals surface area contributed by atoms with Crippen molar-refractivity contribution in [3.05, 3.63) is 12.8 Å². The van der Waals surface area contributed by atoms with E-state index in [-0.39, 0.29) is 12.2 Å². The summed E-state index contributed by atoms with van der Waals surface area (Å²) in [5.41, 5.74) is 0. The molecule has 1 rings (SSSR count). The van der Waals surface area contributed by atoms with Crippen LogP contribution in [0.25, 0.3) is 0 Å². The van der Waals surface area contributed by atoms with E-state index in [9.17, 15) is 0 Å². The number of hydrogen-bond donors (Lipinski definition) is 0. The summed E-state index contributed by atoms with van der Waals surface area (Å²) in [4.78, 5) is 0. The Labute approximate surface area is 80.9 Å². The lowest BCUT2D eigenvalue weighted by Crippen LogP contribution is -2.30. The molecular formula is C11H20O2. The minimum absolute atomic E-state index is 0.225. The second kappa shape index (κ2) is 6.03. The van der Waals surface area contributed by atoms with Crippen molar-refractivity contribution in [3.8, 4) is 0 Å². The zero-order valence-corrected chi connectivity index (χ0v) is 8.50. The molecule has 0 radical (unpaired) electrons. The molecule has 0 bridgehead atoms. The van der Waals surface area contributed by atoms with Gasteiger partial charge in [0.1, 0.15) is 6.10 Å². The molecule has 1 fully saturated rings. The van der Waals surface area contributed by atoms with Crippen molar-refractivity contribution in [2.24, 2.45) is 0 Å². The van der Waals surface area contributed by atoms with Gasteiger partial charge < -0.3 is 9.47 Å². The number of ether oxygens (including phenoxy) is 2. The summed E-state index contributed by atoms with van der Waals surface area (Å²) < 4.78 is 10.9. The van der Waals surface area contributed by atoms with E-state index in [1.807, 2.05) is 0 Å². The molecule has 0 aliphatic heterocycles. The zero-order valence-electron chi connectivity index (χ0n) is 8.50. The molecule has 2 atom stereocenters. The Balaban J connectivity index is 2.44. The van der Waals surface area contributed by atoms with Crippen LogP contribution >= 0.6 is 0 Å². The van der Waals surface area contributed by atoms with E-state index in [1.165, 1.54) is 31.9 Å². The van der Waals surface area contributed by atoms with Gasteiger partial charge in [0, 0.05) is 7.11 Å². The lowest BCUT2D eigenvalue weighted by Gasteiger charge is -2.27. The van der Waals surface area contributed by atoms with Crippen molar-refractivity contribution in [1.82, 2.24) is 0 Å². The maximum absolute atomic E-state index is 5.46. The first kappa shape index (κ1) is 10.6. The average molecular weight is 184 g/mol. The SMILES string of the molecule is C=COC1CCCCCCC1OC. The van der Waals surface area contributed by atoms with E-state index in [0.717, 1.165) is 12.8 Å². The summed E-state index contributed by atoms with van der Waals surface area (Å²) in [6.45, 7) is 3.60. The Morgan fingerprint density at radius 1 is 1.08 bits per heavy atom. The fourth-order valence-corrected chi connectivity index (χ4v) is 1.97. The molecule has 1 saturated carbocycles. The molecule has 1 aliphatic rings. The molecule has 2 unspecified atom stereocenters.